The summed E-state index contributed by atoms with van der Waals surface area (Å²) >= 11 is 3.23. The molecule has 34 heavy (non-hydrogen) atoms. The number of aromatic nitrogens is 1. The smallest absolute Gasteiger partial charge is 0.162 e. The van der Waals surface area contributed by atoms with E-state index in [-0.39, 0.29) is 17.0 Å². The van der Waals surface area contributed by atoms with E-state index in [0.29, 0.717) is 35.6 Å². The number of nitriles is 1. The molecule has 3 nitrogen and oxygen atoms in total. The Morgan fingerprint density at radius 1 is 1.26 bits per heavy atom. The van der Waals surface area contributed by atoms with Crippen molar-refractivity contribution in [3.8, 4) is 16.5 Å². The predicted molar refractivity (Wildman–Crippen MR) is 138 cm³/mol. The van der Waals surface area contributed by atoms with E-state index >= 15 is 0 Å². The van der Waals surface area contributed by atoms with E-state index in [1.165, 1.54) is 29.8 Å². The number of thioether (sulfide) groups is 1. The second-order valence-corrected chi connectivity index (χ2v) is 11.9. The molecule has 2 aromatic heterocycles. The van der Waals surface area contributed by atoms with Gasteiger partial charge in [-0.3, -0.25) is 4.79 Å². The number of pyridine rings is 1. The first kappa shape index (κ1) is 24.6. The quantitative estimate of drug-likeness (QED) is 0.192. The van der Waals surface area contributed by atoms with Crippen LogP contribution in [0.1, 0.15) is 67.2 Å². The molecule has 3 aromatic rings. The number of fused-ring (bicyclic) bond motifs is 1. The highest BCUT2D eigenvalue weighted by Gasteiger charge is 2.32. The molecule has 1 aliphatic carbocycles. The molecule has 1 aromatic carbocycles. The molecule has 2 heterocycles. The Labute approximate surface area is 209 Å². The molecule has 0 radical (unpaired) electrons. The lowest BCUT2D eigenvalue weighted by Crippen LogP contribution is -2.28. The first-order chi connectivity index (χ1) is 16.3. The van der Waals surface area contributed by atoms with Crippen LogP contribution >= 0.6 is 23.1 Å². The Bertz CT molecular complexity index is 1210. The van der Waals surface area contributed by atoms with Crippen molar-refractivity contribution in [3.05, 3.63) is 70.0 Å². The van der Waals surface area contributed by atoms with Crippen LogP contribution < -0.4 is 0 Å². The summed E-state index contributed by atoms with van der Waals surface area (Å²) in [6.45, 7) is 6.88. The fourth-order valence-electron chi connectivity index (χ4n) is 4.56. The number of ketones is 1. The van der Waals surface area contributed by atoms with E-state index in [1.807, 2.05) is 6.07 Å². The number of Topliss-reactive ketones (excluding diaryl/α,β-unsaturated/α-hetero) is 1. The molecule has 0 saturated carbocycles. The lowest BCUT2D eigenvalue weighted by Gasteiger charge is -2.35. The molecule has 0 unspecified atom stereocenters. The number of carbonyl (C=O) groups excluding carboxylic acids is 1. The summed E-state index contributed by atoms with van der Waals surface area (Å²) in [5.41, 5.74) is 4.81. The fraction of sp³-hybridized carbons (Fsp3) is 0.393. The molecule has 1 aliphatic rings. The summed E-state index contributed by atoms with van der Waals surface area (Å²) in [7, 11) is 0. The van der Waals surface area contributed by atoms with Gasteiger partial charge in [-0.1, -0.05) is 26.8 Å². The third-order valence-electron chi connectivity index (χ3n) is 6.59. The van der Waals surface area contributed by atoms with Gasteiger partial charge >= 0.3 is 0 Å². The molecule has 0 amide bonds. The Morgan fingerprint density at radius 3 is 2.68 bits per heavy atom. The summed E-state index contributed by atoms with van der Waals surface area (Å²) in [5.74, 6) is 0.916. The van der Waals surface area contributed by atoms with Gasteiger partial charge in [-0.15, -0.1) is 23.1 Å². The highest BCUT2D eigenvalue weighted by Crippen LogP contribution is 2.43. The summed E-state index contributed by atoms with van der Waals surface area (Å²) in [5, 5.41) is 12.9. The number of hydrogen-bond donors (Lipinski definition) is 0. The van der Waals surface area contributed by atoms with E-state index in [2.05, 4.69) is 38.3 Å². The fourth-order valence-corrected chi connectivity index (χ4v) is 6.31. The van der Waals surface area contributed by atoms with Crippen LogP contribution in [0.25, 0.3) is 10.4 Å². The van der Waals surface area contributed by atoms with E-state index < -0.39 is 0 Å². The average Bonchev–Trinajstić information content (AvgIpc) is 3.34. The van der Waals surface area contributed by atoms with Crippen LogP contribution in [0.5, 0.6) is 0 Å². The Kier molecular flexibility index (Phi) is 7.54. The summed E-state index contributed by atoms with van der Waals surface area (Å²) in [6, 6.07) is 12.3. The van der Waals surface area contributed by atoms with E-state index in [0.717, 1.165) is 40.4 Å². The van der Waals surface area contributed by atoms with Crippen molar-refractivity contribution in [1.82, 2.24) is 4.98 Å². The van der Waals surface area contributed by atoms with Crippen LogP contribution in [0.2, 0.25) is 0 Å². The first-order valence-corrected chi connectivity index (χ1v) is 13.6. The van der Waals surface area contributed by atoms with Gasteiger partial charge in [-0.2, -0.15) is 5.26 Å². The molecule has 4 rings (SSSR count). The Hall–Kier alpha value is -2.49. The number of rotatable bonds is 7. The van der Waals surface area contributed by atoms with Crippen molar-refractivity contribution in [2.24, 2.45) is 11.3 Å². The minimum absolute atomic E-state index is 0.00630. The van der Waals surface area contributed by atoms with E-state index in [1.54, 1.807) is 23.1 Å². The zero-order valence-corrected chi connectivity index (χ0v) is 21.5. The summed E-state index contributed by atoms with van der Waals surface area (Å²) < 4.78 is 13.1. The van der Waals surface area contributed by atoms with Crippen LogP contribution in [-0.4, -0.2) is 16.5 Å². The predicted octanol–water partition coefficient (Wildman–Crippen LogP) is 7.73. The third kappa shape index (κ3) is 5.42. The van der Waals surface area contributed by atoms with Gasteiger partial charge in [-0.05, 0) is 84.0 Å². The molecule has 0 saturated heterocycles. The minimum atomic E-state index is -0.343. The standard InChI is InChI=1S/C28H29FN2OS2/c1-28(2,3)19-10-13-21-23(16-19)31-27(22(17-30)26(21)25-7-5-14-33-25)34-15-4-6-24(32)18-8-11-20(29)12-9-18/h5,7-9,11-12,14,19H,4,6,10,13,15-16H2,1-3H3/t19-/m1/s1. The molecule has 0 spiro atoms. The molecule has 1 atom stereocenters. The van der Waals surface area contributed by atoms with Gasteiger partial charge < -0.3 is 0 Å². The maximum Gasteiger partial charge on any atom is 0.162 e. The second kappa shape index (κ2) is 10.4. The highest BCUT2D eigenvalue weighted by atomic mass is 32.2. The second-order valence-electron chi connectivity index (χ2n) is 9.87. The van der Waals surface area contributed by atoms with E-state index in [4.69, 9.17) is 4.98 Å². The lowest BCUT2D eigenvalue weighted by molar-refractivity contribution is 0.0982. The maximum atomic E-state index is 13.1. The van der Waals surface area contributed by atoms with Crippen LogP contribution in [0.3, 0.4) is 0 Å². The van der Waals surface area contributed by atoms with Crippen molar-refractivity contribution in [1.29, 1.82) is 5.26 Å². The van der Waals surface area contributed by atoms with Gasteiger partial charge in [0.2, 0.25) is 0 Å². The first-order valence-electron chi connectivity index (χ1n) is 11.7. The molecule has 0 bridgehead atoms. The molecule has 0 fully saturated rings. The number of carbonyl (C=O) groups is 1. The van der Waals surface area contributed by atoms with Gasteiger partial charge in [0.1, 0.15) is 16.9 Å². The topological polar surface area (TPSA) is 53.8 Å². The minimum Gasteiger partial charge on any atom is -0.294 e. The normalized spacial score (nSPS) is 15.6. The molecular weight excluding hydrogens is 463 g/mol. The monoisotopic (exact) mass is 492 g/mol. The largest absolute Gasteiger partial charge is 0.294 e. The lowest BCUT2D eigenvalue weighted by atomic mass is 9.71. The van der Waals surface area contributed by atoms with Gasteiger partial charge in [0, 0.05) is 28.1 Å². The molecular formula is C28H29FN2OS2. The van der Waals surface area contributed by atoms with Gasteiger partial charge in [0.05, 0.1) is 5.56 Å². The van der Waals surface area contributed by atoms with E-state index in [9.17, 15) is 14.4 Å². The van der Waals surface area contributed by atoms with Crippen LogP contribution in [-0.2, 0) is 12.8 Å². The highest BCUT2D eigenvalue weighted by molar-refractivity contribution is 7.99. The Balaban J connectivity index is 1.56. The van der Waals surface area contributed by atoms with Crippen molar-refractivity contribution in [2.75, 3.05) is 5.75 Å². The zero-order chi connectivity index (χ0) is 24.3. The number of nitrogens with zero attached hydrogens (tertiary/aromatic N) is 2. The molecule has 0 aliphatic heterocycles. The summed E-state index contributed by atoms with van der Waals surface area (Å²) in [4.78, 5) is 18.6. The molecule has 0 N–H and O–H groups in total. The summed E-state index contributed by atoms with van der Waals surface area (Å²) in [6.07, 6.45) is 4.04. The van der Waals surface area contributed by atoms with Gasteiger partial charge in [-0.25, -0.2) is 9.37 Å². The van der Waals surface area contributed by atoms with Crippen LogP contribution in [0, 0.1) is 28.5 Å². The van der Waals surface area contributed by atoms with Crippen LogP contribution in [0.4, 0.5) is 4.39 Å². The van der Waals surface area contributed by atoms with Gasteiger partial charge in [0.25, 0.3) is 0 Å². The maximum absolute atomic E-state index is 13.1. The third-order valence-corrected chi connectivity index (χ3v) is 8.54. The number of benzene rings is 1. The zero-order valence-electron chi connectivity index (χ0n) is 19.9. The SMILES string of the molecule is CC(C)(C)[C@@H]1CCc2c(nc(SCCCC(=O)c3ccc(F)cc3)c(C#N)c2-c2cccs2)C1. The van der Waals surface area contributed by atoms with Crippen molar-refractivity contribution >= 4 is 28.9 Å². The molecule has 6 heteroatoms. The number of hydrogen-bond acceptors (Lipinski definition) is 5. The molecule has 176 valence electrons. The average molecular weight is 493 g/mol. The van der Waals surface area contributed by atoms with Crippen molar-refractivity contribution in [2.45, 2.75) is 57.9 Å². The Morgan fingerprint density at radius 2 is 2.03 bits per heavy atom. The van der Waals surface area contributed by atoms with Gasteiger partial charge in [0.15, 0.2) is 5.78 Å². The van der Waals surface area contributed by atoms with Crippen molar-refractivity contribution in [3.63, 3.8) is 0 Å². The number of thiophene rings is 1. The number of halogens is 1. The van der Waals surface area contributed by atoms with Crippen LogP contribution in [0.15, 0.2) is 46.8 Å². The van der Waals surface area contributed by atoms with Crippen molar-refractivity contribution < 1.29 is 9.18 Å².